The first-order valence-electron chi connectivity index (χ1n) is 5.11. The smallest absolute Gasteiger partial charge is 0.341 e. The summed E-state index contributed by atoms with van der Waals surface area (Å²) in [5.74, 6) is -1.14. The molecule has 5 heteroatoms. The maximum absolute atomic E-state index is 11.1. The van der Waals surface area contributed by atoms with Crippen LogP contribution >= 0.6 is 0 Å². The van der Waals surface area contributed by atoms with Gasteiger partial charge < -0.3 is 9.63 Å². The van der Waals surface area contributed by atoms with E-state index in [1.807, 2.05) is 6.08 Å². The first-order chi connectivity index (χ1) is 8.15. The molecule has 1 unspecified atom stereocenters. The number of allylic oxidation sites excluding steroid dienone is 4. The lowest BCUT2D eigenvalue weighted by Crippen LogP contribution is -2.10. The molecule has 0 aliphatic heterocycles. The van der Waals surface area contributed by atoms with Gasteiger partial charge in [0.05, 0.1) is 6.07 Å². The van der Waals surface area contributed by atoms with E-state index in [1.54, 1.807) is 19.1 Å². The highest BCUT2D eigenvalue weighted by Crippen LogP contribution is 2.33. The summed E-state index contributed by atoms with van der Waals surface area (Å²) in [4.78, 5) is 11.1. The molecule has 1 aliphatic carbocycles. The predicted molar refractivity (Wildman–Crippen MR) is 58.4 cm³/mol. The van der Waals surface area contributed by atoms with E-state index in [2.05, 4.69) is 11.2 Å². The molecule has 2 rings (SSSR count). The predicted octanol–water partition coefficient (Wildman–Crippen LogP) is 2.17. The molecule has 5 nitrogen and oxygen atoms in total. The van der Waals surface area contributed by atoms with Crippen LogP contribution in [0.5, 0.6) is 0 Å². The zero-order valence-electron chi connectivity index (χ0n) is 9.17. The number of hydrogen-bond acceptors (Lipinski definition) is 4. The Kier molecular flexibility index (Phi) is 2.79. The van der Waals surface area contributed by atoms with Gasteiger partial charge in [-0.1, -0.05) is 17.3 Å². The molecule has 0 radical (unpaired) electrons. The van der Waals surface area contributed by atoms with Crippen molar-refractivity contribution >= 4 is 5.97 Å². The highest BCUT2D eigenvalue weighted by atomic mass is 16.5. The maximum Gasteiger partial charge on any atom is 0.341 e. The Balaban J connectivity index is 2.49. The summed E-state index contributed by atoms with van der Waals surface area (Å²) in [6.45, 7) is 1.55. The Bertz CT molecular complexity index is 561. The third-order valence-electron chi connectivity index (χ3n) is 2.72. The summed E-state index contributed by atoms with van der Waals surface area (Å²) in [5, 5.41) is 21.9. The van der Waals surface area contributed by atoms with Crippen LogP contribution in [0.1, 0.15) is 34.2 Å². The lowest BCUT2D eigenvalue weighted by molar-refractivity contribution is 0.0693. The van der Waals surface area contributed by atoms with Gasteiger partial charge in [0, 0.05) is 11.5 Å². The first kappa shape index (κ1) is 11.1. The van der Waals surface area contributed by atoms with E-state index in [9.17, 15) is 4.79 Å². The van der Waals surface area contributed by atoms with Crippen molar-refractivity contribution in [1.82, 2.24) is 5.16 Å². The average Bonchev–Trinajstić information content (AvgIpc) is 2.71. The van der Waals surface area contributed by atoms with E-state index in [0.717, 1.165) is 0 Å². The highest BCUT2D eigenvalue weighted by Gasteiger charge is 2.28. The topological polar surface area (TPSA) is 87.1 Å². The number of rotatable bonds is 2. The van der Waals surface area contributed by atoms with Crippen molar-refractivity contribution in [3.8, 4) is 6.07 Å². The molecular weight excluding hydrogens is 220 g/mol. The zero-order valence-corrected chi connectivity index (χ0v) is 9.17. The Morgan fingerprint density at radius 3 is 3.12 bits per heavy atom. The summed E-state index contributed by atoms with van der Waals surface area (Å²) < 4.78 is 4.91. The second-order valence-corrected chi connectivity index (χ2v) is 3.75. The van der Waals surface area contributed by atoms with Crippen molar-refractivity contribution in [2.75, 3.05) is 0 Å². The molecule has 0 saturated carbocycles. The van der Waals surface area contributed by atoms with Gasteiger partial charge in [-0.3, -0.25) is 0 Å². The number of nitrogens with zero attached hydrogens (tertiary/aromatic N) is 2. The van der Waals surface area contributed by atoms with Crippen molar-refractivity contribution in [3.05, 3.63) is 40.8 Å². The zero-order chi connectivity index (χ0) is 12.4. The minimum absolute atomic E-state index is 0.0615. The minimum atomic E-state index is -1.08. The molecule has 0 amide bonds. The molecule has 1 heterocycles. The number of nitriles is 1. The fourth-order valence-corrected chi connectivity index (χ4v) is 1.89. The van der Waals surface area contributed by atoms with Crippen LogP contribution in [-0.4, -0.2) is 16.2 Å². The molecule has 1 aromatic heterocycles. The molecule has 1 aliphatic rings. The van der Waals surface area contributed by atoms with Gasteiger partial charge in [0.1, 0.15) is 17.0 Å². The van der Waals surface area contributed by atoms with E-state index >= 15 is 0 Å². The van der Waals surface area contributed by atoms with Crippen LogP contribution in [0.15, 0.2) is 28.3 Å². The van der Waals surface area contributed by atoms with Gasteiger partial charge in [0.2, 0.25) is 0 Å². The molecule has 0 bridgehead atoms. The van der Waals surface area contributed by atoms with Crippen LogP contribution in [0.3, 0.4) is 0 Å². The lowest BCUT2D eigenvalue weighted by Gasteiger charge is -2.14. The van der Waals surface area contributed by atoms with Crippen LogP contribution in [0, 0.1) is 18.3 Å². The number of aromatic nitrogens is 1. The second kappa shape index (κ2) is 4.26. The number of aromatic carboxylic acids is 1. The number of hydrogen-bond donors (Lipinski definition) is 1. The summed E-state index contributed by atoms with van der Waals surface area (Å²) in [6.07, 6.45) is 5.89. The van der Waals surface area contributed by atoms with E-state index in [-0.39, 0.29) is 17.2 Å². The minimum Gasteiger partial charge on any atom is -0.477 e. The fraction of sp³-hybridized carbons (Fsp3) is 0.250. The molecule has 0 aromatic carbocycles. The molecular formula is C12H10N2O3. The normalized spacial score (nSPS) is 18.6. The van der Waals surface area contributed by atoms with Crippen molar-refractivity contribution < 1.29 is 14.4 Å². The monoisotopic (exact) mass is 230 g/mol. The number of aryl methyl sites for hydroxylation is 1. The summed E-state index contributed by atoms with van der Waals surface area (Å²) in [5.41, 5.74) is 0.891. The van der Waals surface area contributed by atoms with Crippen molar-refractivity contribution in [3.63, 3.8) is 0 Å². The molecule has 0 fully saturated rings. The van der Waals surface area contributed by atoms with Crippen LogP contribution in [0.25, 0.3) is 0 Å². The van der Waals surface area contributed by atoms with E-state index in [0.29, 0.717) is 17.7 Å². The van der Waals surface area contributed by atoms with Gasteiger partial charge in [0.25, 0.3) is 0 Å². The average molecular weight is 230 g/mol. The summed E-state index contributed by atoms with van der Waals surface area (Å²) in [6, 6.07) is 2.06. The van der Waals surface area contributed by atoms with Gasteiger partial charge in [-0.15, -0.1) is 0 Å². The second-order valence-electron chi connectivity index (χ2n) is 3.75. The van der Waals surface area contributed by atoms with Crippen molar-refractivity contribution in [1.29, 1.82) is 5.26 Å². The van der Waals surface area contributed by atoms with Gasteiger partial charge in [-0.05, 0) is 19.4 Å². The lowest BCUT2D eigenvalue weighted by atomic mass is 9.87. The SMILES string of the molecule is Cc1onc(C2CC=CC=C2C#N)c1C(=O)O. The molecule has 0 spiro atoms. The molecule has 0 saturated heterocycles. The largest absolute Gasteiger partial charge is 0.477 e. The van der Waals surface area contributed by atoms with Crippen molar-refractivity contribution in [2.24, 2.45) is 0 Å². The number of carboxylic acid groups (broad SMARTS) is 1. The Morgan fingerprint density at radius 2 is 2.47 bits per heavy atom. The van der Waals surface area contributed by atoms with Gasteiger partial charge in [-0.25, -0.2) is 4.79 Å². The first-order valence-corrected chi connectivity index (χ1v) is 5.11. The van der Waals surface area contributed by atoms with Crippen LogP contribution < -0.4 is 0 Å². The molecule has 17 heavy (non-hydrogen) atoms. The maximum atomic E-state index is 11.1. The number of carboxylic acids is 1. The van der Waals surface area contributed by atoms with Crippen LogP contribution in [0.4, 0.5) is 0 Å². The highest BCUT2D eigenvalue weighted by molar-refractivity contribution is 5.90. The summed E-state index contributed by atoms with van der Waals surface area (Å²) >= 11 is 0. The fourth-order valence-electron chi connectivity index (χ4n) is 1.89. The summed E-state index contributed by atoms with van der Waals surface area (Å²) in [7, 11) is 0. The van der Waals surface area contributed by atoms with Gasteiger partial charge in [-0.2, -0.15) is 5.26 Å². The van der Waals surface area contributed by atoms with Gasteiger partial charge in [0.15, 0.2) is 0 Å². The van der Waals surface area contributed by atoms with Crippen molar-refractivity contribution in [2.45, 2.75) is 19.3 Å². The Morgan fingerprint density at radius 1 is 1.71 bits per heavy atom. The molecule has 1 N–H and O–H groups in total. The van der Waals surface area contributed by atoms with E-state index in [4.69, 9.17) is 14.9 Å². The molecule has 86 valence electrons. The third-order valence-corrected chi connectivity index (χ3v) is 2.72. The number of carbonyl (C=O) groups is 1. The Labute approximate surface area is 97.6 Å². The van der Waals surface area contributed by atoms with Crippen LogP contribution in [0.2, 0.25) is 0 Å². The Hall–Kier alpha value is -2.35. The molecule has 1 atom stereocenters. The molecule has 1 aromatic rings. The third kappa shape index (κ3) is 1.85. The van der Waals surface area contributed by atoms with E-state index in [1.165, 1.54) is 0 Å². The van der Waals surface area contributed by atoms with E-state index < -0.39 is 5.97 Å². The van der Waals surface area contributed by atoms with Gasteiger partial charge >= 0.3 is 5.97 Å². The quantitative estimate of drug-likeness (QED) is 0.841. The standard InChI is InChI=1S/C12H10N2O3/c1-7-10(12(15)16)11(14-17-7)9-5-3-2-4-8(9)6-13/h2-4,9H,5H2,1H3,(H,15,16). The van der Waals surface area contributed by atoms with Crippen LogP contribution in [-0.2, 0) is 0 Å².